The van der Waals surface area contributed by atoms with E-state index in [-0.39, 0.29) is 16.9 Å². The van der Waals surface area contributed by atoms with Crippen molar-refractivity contribution >= 4 is 21.6 Å². The third-order valence-electron chi connectivity index (χ3n) is 6.17. The maximum atomic E-state index is 13.4. The van der Waals surface area contributed by atoms with Crippen LogP contribution in [0, 0.1) is 0 Å². The Kier molecular flexibility index (Phi) is 5.91. The van der Waals surface area contributed by atoms with Gasteiger partial charge in [0.25, 0.3) is 15.9 Å². The minimum absolute atomic E-state index is 0.109. The number of sulfonamides is 1. The Labute approximate surface area is 199 Å². The van der Waals surface area contributed by atoms with Crippen molar-refractivity contribution in [1.82, 2.24) is 4.90 Å². The van der Waals surface area contributed by atoms with Crippen molar-refractivity contribution in [3.8, 4) is 11.5 Å². The molecule has 0 saturated heterocycles. The first-order valence-corrected chi connectivity index (χ1v) is 12.8. The lowest BCUT2D eigenvalue weighted by Crippen LogP contribution is -2.43. The second-order valence-electron chi connectivity index (χ2n) is 8.33. The molecule has 0 fully saturated rings. The summed E-state index contributed by atoms with van der Waals surface area (Å²) >= 11 is 0. The molecule has 0 unspecified atom stereocenters. The van der Waals surface area contributed by atoms with Gasteiger partial charge in [0.1, 0.15) is 6.61 Å². The average molecular weight is 479 g/mol. The summed E-state index contributed by atoms with van der Waals surface area (Å²) < 4.78 is 40.0. The number of benzene rings is 3. The van der Waals surface area contributed by atoms with Gasteiger partial charge in [0.2, 0.25) is 0 Å². The van der Waals surface area contributed by atoms with E-state index in [1.807, 2.05) is 55.5 Å². The molecule has 2 aliphatic heterocycles. The van der Waals surface area contributed by atoms with E-state index in [4.69, 9.17) is 9.47 Å². The summed E-state index contributed by atoms with van der Waals surface area (Å²) in [6.45, 7) is 3.40. The topological polar surface area (TPSA) is 76.1 Å². The minimum Gasteiger partial charge on any atom is -0.486 e. The fourth-order valence-electron chi connectivity index (χ4n) is 4.41. The van der Waals surface area contributed by atoms with E-state index in [9.17, 15) is 13.2 Å². The number of carbonyl (C=O) groups excluding carboxylic acids is 1. The highest BCUT2D eigenvalue weighted by Gasteiger charge is 2.31. The van der Waals surface area contributed by atoms with Gasteiger partial charge in [0.05, 0.1) is 17.1 Å². The fraction of sp³-hybridized carbons (Fsp3) is 0.269. The molecule has 34 heavy (non-hydrogen) atoms. The Morgan fingerprint density at radius 1 is 1.03 bits per heavy atom. The number of anilines is 1. The first kappa shape index (κ1) is 22.3. The van der Waals surface area contributed by atoms with Gasteiger partial charge < -0.3 is 14.4 Å². The molecule has 0 spiro atoms. The minimum atomic E-state index is -3.78. The Bertz CT molecular complexity index is 1320. The smallest absolute Gasteiger partial charge is 0.264 e. The average Bonchev–Trinajstić information content (AvgIpc) is 3.32. The lowest BCUT2D eigenvalue weighted by molar-refractivity contribution is 0.0475. The highest BCUT2D eigenvalue weighted by atomic mass is 32.2. The molecule has 3 aromatic rings. The normalized spacial score (nSPS) is 16.7. The van der Waals surface area contributed by atoms with Gasteiger partial charge in [0.15, 0.2) is 17.6 Å². The Hall–Kier alpha value is -3.52. The van der Waals surface area contributed by atoms with Crippen LogP contribution in [0.5, 0.6) is 11.5 Å². The number of nitrogens with zero attached hydrogens (tertiary/aromatic N) is 2. The van der Waals surface area contributed by atoms with Crippen LogP contribution >= 0.6 is 0 Å². The number of ether oxygens (including phenoxy) is 2. The zero-order valence-corrected chi connectivity index (χ0v) is 19.7. The first-order chi connectivity index (χ1) is 16.5. The van der Waals surface area contributed by atoms with E-state index >= 15 is 0 Å². The van der Waals surface area contributed by atoms with Gasteiger partial charge in [-0.2, -0.15) is 0 Å². The number of para-hydroxylation sites is 3. The number of rotatable bonds is 6. The van der Waals surface area contributed by atoms with E-state index < -0.39 is 10.0 Å². The van der Waals surface area contributed by atoms with Crippen molar-refractivity contribution in [1.29, 1.82) is 0 Å². The van der Waals surface area contributed by atoms with Crippen LogP contribution < -0.4 is 13.8 Å². The van der Waals surface area contributed by atoms with Gasteiger partial charge in [-0.3, -0.25) is 9.10 Å². The van der Waals surface area contributed by atoms with E-state index in [2.05, 4.69) is 0 Å². The molecule has 1 atom stereocenters. The second kappa shape index (κ2) is 9.02. The van der Waals surface area contributed by atoms with E-state index in [1.54, 1.807) is 23.1 Å². The van der Waals surface area contributed by atoms with Crippen LogP contribution in [0.25, 0.3) is 0 Å². The molecule has 5 rings (SSSR count). The van der Waals surface area contributed by atoms with Gasteiger partial charge in [-0.25, -0.2) is 8.42 Å². The van der Waals surface area contributed by atoms with Crippen LogP contribution in [-0.4, -0.2) is 51.6 Å². The lowest BCUT2D eigenvalue weighted by Gasteiger charge is -2.31. The summed E-state index contributed by atoms with van der Waals surface area (Å²) in [5.74, 6) is 1.10. The van der Waals surface area contributed by atoms with Crippen molar-refractivity contribution in [2.45, 2.75) is 24.3 Å². The van der Waals surface area contributed by atoms with Crippen molar-refractivity contribution < 1.29 is 22.7 Å². The molecule has 0 aromatic heterocycles. The number of fused-ring (bicyclic) bond motifs is 2. The number of hydrogen-bond donors (Lipinski definition) is 0. The molecule has 2 aliphatic rings. The molecule has 2 heterocycles. The number of carbonyl (C=O) groups is 1. The molecule has 0 N–H and O–H groups in total. The summed E-state index contributed by atoms with van der Waals surface area (Å²) in [6.07, 6.45) is 0.358. The summed E-state index contributed by atoms with van der Waals surface area (Å²) in [7, 11) is -3.78. The highest BCUT2D eigenvalue weighted by Crippen LogP contribution is 2.33. The largest absolute Gasteiger partial charge is 0.486 e. The van der Waals surface area contributed by atoms with E-state index in [0.717, 1.165) is 5.56 Å². The van der Waals surface area contributed by atoms with Crippen LogP contribution in [0.1, 0.15) is 22.8 Å². The fourth-order valence-corrected chi connectivity index (χ4v) is 5.96. The van der Waals surface area contributed by atoms with Crippen molar-refractivity contribution in [2.24, 2.45) is 0 Å². The van der Waals surface area contributed by atoms with Crippen molar-refractivity contribution in [2.75, 3.05) is 30.5 Å². The summed E-state index contributed by atoms with van der Waals surface area (Å²) in [5, 5.41) is 0. The first-order valence-electron chi connectivity index (χ1n) is 11.4. The quantitative estimate of drug-likeness (QED) is 0.540. The molecule has 0 bridgehead atoms. The Morgan fingerprint density at radius 2 is 1.79 bits per heavy atom. The third-order valence-corrected chi connectivity index (χ3v) is 7.98. The van der Waals surface area contributed by atoms with Gasteiger partial charge in [-0.1, -0.05) is 36.4 Å². The molecule has 7 nitrogen and oxygen atoms in total. The molecule has 0 aliphatic carbocycles. The van der Waals surface area contributed by atoms with Gasteiger partial charge >= 0.3 is 0 Å². The van der Waals surface area contributed by atoms with E-state index in [0.29, 0.717) is 55.4 Å². The van der Waals surface area contributed by atoms with E-state index in [1.165, 1.54) is 10.4 Å². The molecule has 0 radical (unpaired) electrons. The maximum absolute atomic E-state index is 13.4. The standard InChI is InChI=1S/C26H26N2O5S/c1-2-27(17-21-18-32-24-12-5-6-13-25(24)33-21)26(29)20-9-7-10-22(16-20)34(30,31)28-15-14-19-8-3-4-11-23(19)28/h3-13,16,21H,2,14-15,17-18H2,1H3/t21-/m0/s1. The zero-order valence-electron chi connectivity index (χ0n) is 18.9. The second-order valence-corrected chi connectivity index (χ2v) is 10.2. The Morgan fingerprint density at radius 3 is 2.62 bits per heavy atom. The molecule has 1 amide bonds. The van der Waals surface area contributed by atoms with Crippen LogP contribution in [0.3, 0.4) is 0 Å². The summed E-state index contributed by atoms with van der Waals surface area (Å²) in [6, 6.07) is 21.2. The van der Waals surface area contributed by atoms with Gasteiger partial charge in [0, 0.05) is 18.7 Å². The third kappa shape index (κ3) is 4.09. The van der Waals surface area contributed by atoms with Crippen molar-refractivity contribution in [3.05, 3.63) is 83.9 Å². The molecule has 0 saturated carbocycles. The Balaban J connectivity index is 1.35. The van der Waals surface area contributed by atoms with Crippen LogP contribution in [-0.2, 0) is 16.4 Å². The van der Waals surface area contributed by atoms with Crippen LogP contribution in [0.15, 0.2) is 77.7 Å². The predicted molar refractivity (Wildman–Crippen MR) is 129 cm³/mol. The SMILES string of the molecule is CCN(C[C@H]1COc2ccccc2O1)C(=O)c1cccc(S(=O)(=O)N2CCc3ccccc32)c1. The molecule has 8 heteroatoms. The number of amides is 1. The number of likely N-dealkylation sites (N-methyl/N-ethyl adjacent to an activating group) is 1. The van der Waals surface area contributed by atoms with Crippen LogP contribution in [0.4, 0.5) is 5.69 Å². The molecule has 3 aromatic carbocycles. The van der Waals surface area contributed by atoms with Crippen molar-refractivity contribution in [3.63, 3.8) is 0 Å². The monoisotopic (exact) mass is 478 g/mol. The van der Waals surface area contributed by atoms with Gasteiger partial charge in [-0.15, -0.1) is 0 Å². The maximum Gasteiger partial charge on any atom is 0.264 e. The van der Waals surface area contributed by atoms with Crippen LogP contribution in [0.2, 0.25) is 0 Å². The predicted octanol–water partition coefficient (Wildman–Crippen LogP) is 3.74. The molecule has 176 valence electrons. The lowest BCUT2D eigenvalue weighted by atomic mass is 10.2. The zero-order chi connectivity index (χ0) is 23.7. The van der Waals surface area contributed by atoms with Gasteiger partial charge in [-0.05, 0) is 55.3 Å². The summed E-state index contributed by atoms with van der Waals surface area (Å²) in [4.78, 5) is 15.1. The summed E-state index contributed by atoms with van der Waals surface area (Å²) in [5.41, 5.74) is 2.03. The molecular formula is C26H26N2O5S. The highest BCUT2D eigenvalue weighted by molar-refractivity contribution is 7.92. The number of hydrogen-bond acceptors (Lipinski definition) is 5. The molecular weight excluding hydrogens is 452 g/mol.